The number of aromatic nitrogens is 1. The van der Waals surface area contributed by atoms with Gasteiger partial charge in [-0.2, -0.15) is 0 Å². The van der Waals surface area contributed by atoms with Crippen LogP contribution in [0.25, 0.3) is 0 Å². The largest absolute Gasteiger partial charge is 0.347 e. The summed E-state index contributed by atoms with van der Waals surface area (Å²) < 4.78 is 0. The van der Waals surface area contributed by atoms with Crippen LogP contribution in [0.15, 0.2) is 29.6 Å². The molecule has 0 saturated heterocycles. The molecule has 1 aromatic heterocycles. The molecule has 5 nitrogen and oxygen atoms in total. The molecule has 0 aliphatic heterocycles. The Morgan fingerprint density at radius 2 is 2.18 bits per heavy atom. The third-order valence-electron chi connectivity index (χ3n) is 3.40. The van der Waals surface area contributed by atoms with Crippen molar-refractivity contribution in [1.82, 2.24) is 15.2 Å². The number of nitrogens with zero attached hydrogens (tertiary/aromatic N) is 2. The van der Waals surface area contributed by atoms with Gasteiger partial charge in [0.15, 0.2) is 0 Å². The van der Waals surface area contributed by atoms with Crippen molar-refractivity contribution in [2.24, 2.45) is 5.73 Å². The number of benzene rings is 1. The third kappa shape index (κ3) is 4.62. The summed E-state index contributed by atoms with van der Waals surface area (Å²) in [5.41, 5.74) is 8.28. The Labute approximate surface area is 135 Å². The molecule has 0 spiro atoms. The molecule has 1 amide bonds. The van der Waals surface area contributed by atoms with Crippen LogP contribution in [-0.4, -0.2) is 29.4 Å². The monoisotopic (exact) mass is 318 g/mol. The highest BCUT2D eigenvalue weighted by atomic mass is 32.1. The quantitative estimate of drug-likeness (QED) is 0.819. The van der Waals surface area contributed by atoms with E-state index in [1.807, 2.05) is 12.1 Å². The van der Waals surface area contributed by atoms with Gasteiger partial charge in [0.1, 0.15) is 10.7 Å². The minimum atomic E-state index is -0.160. The summed E-state index contributed by atoms with van der Waals surface area (Å²) >= 11 is 1.41. The van der Waals surface area contributed by atoms with E-state index in [9.17, 15) is 4.79 Å². The first-order valence-electron chi connectivity index (χ1n) is 7.31. The molecule has 0 radical (unpaired) electrons. The number of hydrogen-bond acceptors (Lipinski definition) is 5. The second kappa shape index (κ2) is 8.03. The van der Waals surface area contributed by atoms with Crippen molar-refractivity contribution < 1.29 is 4.79 Å². The Bertz CT molecular complexity index is 626. The second-order valence-corrected chi connectivity index (χ2v) is 6.11. The van der Waals surface area contributed by atoms with Crippen LogP contribution in [-0.2, 0) is 19.6 Å². The minimum absolute atomic E-state index is 0.160. The first kappa shape index (κ1) is 16.6. The maximum absolute atomic E-state index is 12.0. The fourth-order valence-corrected chi connectivity index (χ4v) is 2.70. The fraction of sp³-hybridized carbons (Fsp3) is 0.375. The van der Waals surface area contributed by atoms with Gasteiger partial charge in [-0.15, -0.1) is 11.3 Å². The first-order chi connectivity index (χ1) is 10.6. The predicted molar refractivity (Wildman–Crippen MR) is 89.6 cm³/mol. The van der Waals surface area contributed by atoms with Gasteiger partial charge in [-0.3, -0.25) is 4.79 Å². The number of carbonyl (C=O) groups is 1. The van der Waals surface area contributed by atoms with Crippen molar-refractivity contribution in [2.75, 3.05) is 13.6 Å². The molecule has 0 atom stereocenters. The number of thiazole rings is 1. The first-order valence-corrected chi connectivity index (χ1v) is 8.19. The lowest BCUT2D eigenvalue weighted by molar-refractivity contribution is 0.0946. The van der Waals surface area contributed by atoms with Gasteiger partial charge < -0.3 is 16.0 Å². The van der Waals surface area contributed by atoms with Gasteiger partial charge in [-0.1, -0.05) is 31.2 Å². The number of rotatable bonds is 7. The molecule has 6 heteroatoms. The number of nitrogens with one attached hydrogen (secondary N) is 1. The summed E-state index contributed by atoms with van der Waals surface area (Å²) in [5, 5.41) is 5.41. The zero-order valence-electron chi connectivity index (χ0n) is 13.0. The summed E-state index contributed by atoms with van der Waals surface area (Å²) in [4.78, 5) is 18.5. The molecule has 3 N–H and O–H groups in total. The lowest BCUT2D eigenvalue weighted by Gasteiger charge is -2.14. The van der Waals surface area contributed by atoms with E-state index in [4.69, 9.17) is 5.73 Å². The van der Waals surface area contributed by atoms with Gasteiger partial charge in [-0.25, -0.2) is 4.98 Å². The molecule has 2 aromatic rings. The van der Waals surface area contributed by atoms with Crippen LogP contribution in [0.3, 0.4) is 0 Å². The van der Waals surface area contributed by atoms with E-state index in [1.165, 1.54) is 16.9 Å². The van der Waals surface area contributed by atoms with E-state index in [0.717, 1.165) is 23.7 Å². The number of amides is 1. The average molecular weight is 318 g/mol. The molecule has 0 bridgehead atoms. The highest BCUT2D eigenvalue weighted by molar-refractivity contribution is 7.09. The van der Waals surface area contributed by atoms with Crippen molar-refractivity contribution in [2.45, 2.75) is 26.6 Å². The van der Waals surface area contributed by atoms with Crippen LogP contribution >= 0.6 is 11.3 Å². The van der Waals surface area contributed by atoms with Crippen LogP contribution in [0, 0.1) is 0 Å². The topological polar surface area (TPSA) is 71.2 Å². The number of nitrogens with two attached hydrogens (primary N) is 1. The van der Waals surface area contributed by atoms with Crippen molar-refractivity contribution in [3.63, 3.8) is 0 Å². The highest BCUT2D eigenvalue weighted by Crippen LogP contribution is 2.10. The molecule has 0 fully saturated rings. The van der Waals surface area contributed by atoms with E-state index in [-0.39, 0.29) is 5.91 Å². The zero-order chi connectivity index (χ0) is 15.9. The van der Waals surface area contributed by atoms with Crippen LogP contribution in [0.2, 0.25) is 0 Å². The highest BCUT2D eigenvalue weighted by Gasteiger charge is 2.10. The molecule has 1 aromatic carbocycles. The van der Waals surface area contributed by atoms with E-state index in [0.29, 0.717) is 18.8 Å². The smallest absolute Gasteiger partial charge is 0.271 e. The van der Waals surface area contributed by atoms with Gasteiger partial charge in [0.2, 0.25) is 0 Å². The SMILES string of the molecule is CCN(C)Cc1cccc(CNC(=O)c2csc(CN)n2)c1. The van der Waals surface area contributed by atoms with E-state index >= 15 is 0 Å². The van der Waals surface area contributed by atoms with Crippen molar-refractivity contribution >= 4 is 17.2 Å². The summed E-state index contributed by atoms with van der Waals surface area (Å²) in [6.07, 6.45) is 0. The fourth-order valence-electron chi connectivity index (χ4n) is 2.04. The van der Waals surface area contributed by atoms with Crippen molar-refractivity contribution in [1.29, 1.82) is 0 Å². The summed E-state index contributed by atoms with van der Waals surface area (Å²) in [6.45, 7) is 4.91. The molecule has 1 heterocycles. The molecular formula is C16H22N4OS. The Hall–Kier alpha value is -1.76. The zero-order valence-corrected chi connectivity index (χ0v) is 13.8. The van der Waals surface area contributed by atoms with E-state index in [1.54, 1.807) is 5.38 Å². The van der Waals surface area contributed by atoms with Gasteiger partial charge in [0, 0.05) is 25.0 Å². The summed E-state index contributed by atoms with van der Waals surface area (Å²) in [7, 11) is 2.09. The predicted octanol–water partition coefficient (Wildman–Crippen LogP) is 1.98. The van der Waals surface area contributed by atoms with Gasteiger partial charge in [0.05, 0.1) is 0 Å². The maximum atomic E-state index is 12.0. The molecule has 22 heavy (non-hydrogen) atoms. The normalized spacial score (nSPS) is 10.9. The van der Waals surface area contributed by atoms with Crippen molar-refractivity contribution in [3.05, 3.63) is 51.5 Å². The number of hydrogen-bond donors (Lipinski definition) is 2. The Kier molecular flexibility index (Phi) is 6.06. The average Bonchev–Trinajstić information content (AvgIpc) is 3.02. The van der Waals surface area contributed by atoms with Gasteiger partial charge >= 0.3 is 0 Å². The Balaban J connectivity index is 1.93. The molecule has 2 rings (SSSR count). The molecule has 0 aliphatic rings. The van der Waals surface area contributed by atoms with Crippen LogP contribution in [0.4, 0.5) is 0 Å². The minimum Gasteiger partial charge on any atom is -0.347 e. The molecular weight excluding hydrogens is 296 g/mol. The Morgan fingerprint density at radius 1 is 1.41 bits per heavy atom. The summed E-state index contributed by atoms with van der Waals surface area (Å²) in [6, 6.07) is 8.27. The van der Waals surface area contributed by atoms with Gasteiger partial charge in [0.25, 0.3) is 5.91 Å². The third-order valence-corrected chi connectivity index (χ3v) is 4.27. The summed E-state index contributed by atoms with van der Waals surface area (Å²) in [5.74, 6) is -0.160. The number of carbonyl (C=O) groups excluding carboxylic acids is 1. The second-order valence-electron chi connectivity index (χ2n) is 5.16. The van der Waals surface area contributed by atoms with Gasteiger partial charge in [-0.05, 0) is 24.7 Å². The van der Waals surface area contributed by atoms with Crippen LogP contribution in [0.5, 0.6) is 0 Å². The van der Waals surface area contributed by atoms with E-state index < -0.39 is 0 Å². The van der Waals surface area contributed by atoms with Crippen LogP contribution < -0.4 is 11.1 Å². The lowest BCUT2D eigenvalue weighted by atomic mass is 10.1. The lowest BCUT2D eigenvalue weighted by Crippen LogP contribution is -2.23. The Morgan fingerprint density at radius 3 is 2.86 bits per heavy atom. The maximum Gasteiger partial charge on any atom is 0.271 e. The van der Waals surface area contributed by atoms with Crippen molar-refractivity contribution in [3.8, 4) is 0 Å². The van der Waals surface area contributed by atoms with E-state index in [2.05, 4.69) is 41.3 Å². The molecule has 0 aliphatic carbocycles. The standard InChI is InChI=1S/C16H22N4OS/c1-3-20(2)10-13-6-4-5-12(7-13)9-18-16(21)14-11-22-15(8-17)19-14/h4-7,11H,3,8-10,17H2,1-2H3,(H,18,21). The molecule has 0 saturated carbocycles. The molecule has 118 valence electrons. The molecule has 0 unspecified atom stereocenters. The van der Waals surface area contributed by atoms with Crippen LogP contribution in [0.1, 0.15) is 33.5 Å².